The van der Waals surface area contributed by atoms with Crippen molar-refractivity contribution in [2.24, 2.45) is 0 Å². The number of ether oxygens (including phenoxy) is 1. The summed E-state index contributed by atoms with van der Waals surface area (Å²) < 4.78 is 4.87. The molecule has 2 aromatic heterocycles. The minimum absolute atomic E-state index is 0.0419. The highest BCUT2D eigenvalue weighted by Crippen LogP contribution is 2.31. The number of carbonyl (C=O) groups is 2. The number of ketones is 1. The van der Waals surface area contributed by atoms with Gasteiger partial charge in [0.1, 0.15) is 5.01 Å². The molecule has 0 spiro atoms. The zero-order chi connectivity index (χ0) is 17.9. The lowest BCUT2D eigenvalue weighted by Gasteiger charge is -2.08. The van der Waals surface area contributed by atoms with Crippen LogP contribution >= 0.6 is 46.1 Å². The zero-order valence-electron chi connectivity index (χ0n) is 12.0. The first-order valence-electron chi connectivity index (χ1n) is 6.36. The molecule has 0 bridgehead atoms. The first-order chi connectivity index (χ1) is 11.3. The predicted octanol–water partition coefficient (Wildman–Crippen LogP) is 3.84. The van der Waals surface area contributed by atoms with E-state index in [-0.39, 0.29) is 20.8 Å². The Bertz CT molecular complexity index is 848. The van der Waals surface area contributed by atoms with Crippen LogP contribution in [0.1, 0.15) is 27.1 Å². The van der Waals surface area contributed by atoms with Crippen molar-refractivity contribution in [3.8, 4) is 6.07 Å². The van der Waals surface area contributed by atoms with Gasteiger partial charge in [0.05, 0.1) is 21.1 Å². The highest BCUT2D eigenvalue weighted by Gasteiger charge is 2.26. The molecule has 6 nitrogen and oxygen atoms in total. The normalized spacial score (nSPS) is 11.6. The Morgan fingerprint density at radius 2 is 2.08 bits per heavy atom. The minimum Gasteiger partial charge on any atom is -0.453 e. The van der Waals surface area contributed by atoms with Gasteiger partial charge >= 0.3 is 5.97 Å². The van der Waals surface area contributed by atoms with Crippen LogP contribution in [0.15, 0.2) is 11.6 Å². The highest BCUT2D eigenvalue weighted by molar-refractivity contribution is 7.09. The van der Waals surface area contributed by atoms with Crippen LogP contribution in [-0.2, 0) is 9.53 Å². The lowest BCUT2D eigenvalue weighted by molar-refractivity contribution is -0.122. The van der Waals surface area contributed by atoms with Gasteiger partial charge in [-0.25, -0.2) is 14.8 Å². The summed E-state index contributed by atoms with van der Waals surface area (Å²) in [5.74, 6) is -2.65. The second kappa shape index (κ2) is 7.90. The summed E-state index contributed by atoms with van der Waals surface area (Å²) in [6, 6.07) is 1.85. The van der Waals surface area contributed by atoms with Crippen molar-refractivity contribution >= 4 is 57.9 Å². The molecule has 0 unspecified atom stereocenters. The molecule has 24 heavy (non-hydrogen) atoms. The third-order valence-corrected chi connectivity index (χ3v) is 5.06. The summed E-state index contributed by atoms with van der Waals surface area (Å²) in [5, 5.41) is 11.1. The fourth-order valence-corrected chi connectivity index (χ4v) is 3.06. The molecule has 0 amide bonds. The molecule has 0 aromatic carbocycles. The fraction of sp³-hybridized carbons (Fsp3) is 0.214. The molecule has 0 N–H and O–H groups in total. The number of rotatable bonds is 5. The van der Waals surface area contributed by atoms with Gasteiger partial charge in [0.15, 0.2) is 24.0 Å². The first-order valence-corrected chi connectivity index (χ1v) is 8.37. The molecule has 1 atom stereocenters. The standard InChI is InChI=1S/C14H8Cl3N3O3S/c1-6-5-24-13(20-6)7(2-18)9(21)4-23-14(22)12-11(17)10(16)8(15)3-19-12/h3,5,7H,4H2,1H3/t7-/m0/s1. The molecule has 2 heterocycles. The lowest BCUT2D eigenvalue weighted by Crippen LogP contribution is -2.20. The zero-order valence-corrected chi connectivity index (χ0v) is 15.1. The average Bonchev–Trinajstić information content (AvgIpc) is 2.97. The topological polar surface area (TPSA) is 92.9 Å². The molecule has 2 aromatic rings. The Morgan fingerprint density at radius 3 is 2.67 bits per heavy atom. The number of halogens is 3. The lowest BCUT2D eigenvalue weighted by atomic mass is 10.1. The number of aryl methyl sites for hydroxylation is 1. The van der Waals surface area contributed by atoms with E-state index < -0.39 is 24.3 Å². The van der Waals surface area contributed by atoms with Crippen LogP contribution < -0.4 is 0 Å². The maximum Gasteiger partial charge on any atom is 0.358 e. The second-order valence-corrected chi connectivity index (χ2v) is 6.57. The molecule has 0 fully saturated rings. The van der Waals surface area contributed by atoms with Crippen LogP contribution in [0.25, 0.3) is 0 Å². The summed E-state index contributed by atoms with van der Waals surface area (Å²) in [4.78, 5) is 31.9. The summed E-state index contributed by atoms with van der Waals surface area (Å²) in [5.41, 5.74) is 0.435. The van der Waals surface area contributed by atoms with Gasteiger partial charge in [-0.15, -0.1) is 11.3 Å². The van der Waals surface area contributed by atoms with Crippen LogP contribution in [0.4, 0.5) is 0 Å². The Hall–Kier alpha value is -1.72. The SMILES string of the molecule is Cc1csc([C@@H](C#N)C(=O)COC(=O)c2ncc(Cl)c(Cl)c2Cl)n1. The van der Waals surface area contributed by atoms with Gasteiger partial charge in [0.25, 0.3) is 0 Å². The summed E-state index contributed by atoms with van der Waals surface area (Å²) in [6.45, 7) is 1.13. The molecule has 0 saturated heterocycles. The number of aromatic nitrogens is 2. The van der Waals surface area contributed by atoms with Crippen molar-refractivity contribution in [1.82, 2.24) is 9.97 Å². The average molecular weight is 405 g/mol. The molecule has 0 saturated carbocycles. The molecule has 0 radical (unpaired) electrons. The Morgan fingerprint density at radius 1 is 1.38 bits per heavy atom. The van der Waals surface area contributed by atoms with Crippen molar-refractivity contribution in [1.29, 1.82) is 5.26 Å². The maximum absolute atomic E-state index is 12.1. The number of thiazole rings is 1. The number of nitrogens with zero attached hydrogens (tertiary/aromatic N) is 3. The fourth-order valence-electron chi connectivity index (χ4n) is 1.64. The molecule has 0 aliphatic heterocycles. The molecular formula is C14H8Cl3N3O3S. The van der Waals surface area contributed by atoms with E-state index in [9.17, 15) is 9.59 Å². The monoisotopic (exact) mass is 403 g/mol. The van der Waals surface area contributed by atoms with Crippen LogP contribution in [-0.4, -0.2) is 28.3 Å². The van der Waals surface area contributed by atoms with Crippen molar-refractivity contribution in [3.63, 3.8) is 0 Å². The number of Topliss-reactive ketones (excluding diaryl/α,β-unsaturated/α-hetero) is 1. The molecule has 10 heteroatoms. The number of carbonyl (C=O) groups excluding carboxylic acids is 2. The Balaban J connectivity index is 2.07. The Kier molecular flexibility index (Phi) is 6.13. The number of hydrogen-bond donors (Lipinski definition) is 0. The minimum atomic E-state index is -1.10. The van der Waals surface area contributed by atoms with Crippen LogP contribution in [0.5, 0.6) is 0 Å². The molecule has 2 rings (SSSR count). The van der Waals surface area contributed by atoms with E-state index in [4.69, 9.17) is 44.8 Å². The van der Waals surface area contributed by atoms with E-state index in [0.717, 1.165) is 6.20 Å². The molecular weight excluding hydrogens is 397 g/mol. The van der Waals surface area contributed by atoms with Crippen LogP contribution in [0.2, 0.25) is 15.1 Å². The van der Waals surface area contributed by atoms with Crippen LogP contribution in [0, 0.1) is 18.3 Å². The predicted molar refractivity (Wildman–Crippen MR) is 89.8 cm³/mol. The van der Waals surface area contributed by atoms with E-state index in [1.54, 1.807) is 12.3 Å². The van der Waals surface area contributed by atoms with E-state index in [1.165, 1.54) is 11.3 Å². The third-order valence-electron chi connectivity index (χ3n) is 2.79. The number of hydrogen-bond acceptors (Lipinski definition) is 7. The first kappa shape index (κ1) is 18.6. The smallest absolute Gasteiger partial charge is 0.358 e. The van der Waals surface area contributed by atoms with Gasteiger partial charge in [-0.2, -0.15) is 5.26 Å². The summed E-state index contributed by atoms with van der Waals surface area (Å²) >= 11 is 18.6. The van der Waals surface area contributed by atoms with E-state index >= 15 is 0 Å². The van der Waals surface area contributed by atoms with Gasteiger partial charge in [0.2, 0.25) is 0 Å². The van der Waals surface area contributed by atoms with Crippen molar-refractivity contribution in [3.05, 3.63) is 43.0 Å². The van der Waals surface area contributed by atoms with E-state index in [2.05, 4.69) is 9.97 Å². The maximum atomic E-state index is 12.1. The van der Waals surface area contributed by atoms with Crippen molar-refractivity contribution in [2.75, 3.05) is 6.61 Å². The third kappa shape index (κ3) is 4.02. The largest absolute Gasteiger partial charge is 0.453 e. The molecule has 0 aliphatic rings. The van der Waals surface area contributed by atoms with Crippen molar-refractivity contribution < 1.29 is 14.3 Å². The van der Waals surface area contributed by atoms with Gasteiger partial charge in [-0.3, -0.25) is 4.79 Å². The number of pyridine rings is 1. The second-order valence-electron chi connectivity index (χ2n) is 4.51. The highest BCUT2D eigenvalue weighted by atomic mass is 35.5. The molecule has 124 valence electrons. The van der Waals surface area contributed by atoms with Gasteiger partial charge in [-0.05, 0) is 6.92 Å². The van der Waals surface area contributed by atoms with E-state index in [0.29, 0.717) is 10.7 Å². The number of esters is 1. The number of nitriles is 1. The summed E-state index contributed by atoms with van der Waals surface area (Å²) in [7, 11) is 0. The Labute approximate surface area is 155 Å². The summed E-state index contributed by atoms with van der Waals surface area (Å²) in [6.07, 6.45) is 1.14. The van der Waals surface area contributed by atoms with Gasteiger partial charge in [0, 0.05) is 17.3 Å². The van der Waals surface area contributed by atoms with Gasteiger partial charge < -0.3 is 4.74 Å². The van der Waals surface area contributed by atoms with Gasteiger partial charge in [-0.1, -0.05) is 34.8 Å². The van der Waals surface area contributed by atoms with E-state index in [1.807, 2.05) is 6.07 Å². The molecule has 0 aliphatic carbocycles. The van der Waals surface area contributed by atoms with Crippen molar-refractivity contribution in [2.45, 2.75) is 12.8 Å². The quantitative estimate of drug-likeness (QED) is 0.703. The van der Waals surface area contributed by atoms with Crippen LogP contribution in [0.3, 0.4) is 0 Å².